The summed E-state index contributed by atoms with van der Waals surface area (Å²) in [4.78, 5) is 32.2. The number of rotatable bonds is 2. The van der Waals surface area contributed by atoms with Crippen LogP contribution in [-0.4, -0.2) is 58.1 Å². The fourth-order valence-electron chi connectivity index (χ4n) is 4.54. The second-order valence-corrected chi connectivity index (χ2v) is 8.69. The number of hydrogen-bond acceptors (Lipinski definition) is 7. The molecule has 0 N–H and O–H groups in total. The summed E-state index contributed by atoms with van der Waals surface area (Å²) in [5.74, 6) is 0.915. The van der Waals surface area contributed by atoms with Crippen molar-refractivity contribution in [3.63, 3.8) is 0 Å². The smallest absolute Gasteiger partial charge is 0.266 e. The van der Waals surface area contributed by atoms with Crippen LogP contribution in [0.1, 0.15) is 50.5 Å². The van der Waals surface area contributed by atoms with E-state index in [-0.39, 0.29) is 18.0 Å². The Bertz CT molecular complexity index is 892. The maximum atomic E-state index is 13.3. The van der Waals surface area contributed by atoms with Gasteiger partial charge in [0.2, 0.25) is 5.95 Å². The molecule has 0 aromatic carbocycles. The van der Waals surface area contributed by atoms with Crippen LogP contribution in [-0.2, 0) is 11.2 Å². The standard InChI is InChI=1S/C19H23N5O2S/c1-11-17(27-12(2)21-11)18(25)24-13-3-4-16(24)14-10-20-19(22-15(14)9-13)23-5-7-26-8-6-23/h10,13,16H,3-9H2,1-2H3/t13-,16+/m0/s1. The average molecular weight is 385 g/mol. The number of hydrogen-bond donors (Lipinski definition) is 0. The Labute approximate surface area is 162 Å². The fraction of sp³-hybridized carbons (Fsp3) is 0.579. The fourth-order valence-corrected chi connectivity index (χ4v) is 5.40. The van der Waals surface area contributed by atoms with E-state index in [9.17, 15) is 4.79 Å². The summed E-state index contributed by atoms with van der Waals surface area (Å²) in [6.45, 7) is 6.99. The van der Waals surface area contributed by atoms with E-state index in [1.165, 1.54) is 11.3 Å². The highest BCUT2D eigenvalue weighted by molar-refractivity contribution is 7.13. The SMILES string of the molecule is Cc1nc(C)c(C(=O)N2[C@H]3CC[C@@H]2c2cnc(N4CCOCC4)nc2C3)s1. The van der Waals surface area contributed by atoms with Gasteiger partial charge >= 0.3 is 0 Å². The molecule has 0 spiro atoms. The third-order valence-electron chi connectivity index (χ3n) is 5.80. The number of amides is 1. The zero-order valence-electron chi connectivity index (χ0n) is 15.6. The minimum Gasteiger partial charge on any atom is -0.378 e. The molecule has 7 nitrogen and oxygen atoms in total. The number of nitrogens with zero attached hydrogens (tertiary/aromatic N) is 5. The maximum absolute atomic E-state index is 13.3. The topological polar surface area (TPSA) is 71.5 Å². The van der Waals surface area contributed by atoms with Gasteiger partial charge in [-0.2, -0.15) is 0 Å². The van der Waals surface area contributed by atoms with Crippen molar-refractivity contribution in [1.82, 2.24) is 19.9 Å². The van der Waals surface area contributed by atoms with Crippen LogP contribution in [0.3, 0.4) is 0 Å². The number of carbonyl (C=O) groups is 1. The summed E-state index contributed by atoms with van der Waals surface area (Å²) in [5, 5.41) is 0.944. The summed E-state index contributed by atoms with van der Waals surface area (Å²) >= 11 is 1.50. The minimum absolute atomic E-state index is 0.0896. The van der Waals surface area contributed by atoms with Gasteiger partial charge in [-0.3, -0.25) is 4.79 Å². The van der Waals surface area contributed by atoms with Crippen molar-refractivity contribution in [2.75, 3.05) is 31.2 Å². The normalized spacial score (nSPS) is 24.2. The Balaban J connectivity index is 1.45. The van der Waals surface area contributed by atoms with E-state index >= 15 is 0 Å². The first-order valence-electron chi connectivity index (χ1n) is 9.57. The summed E-state index contributed by atoms with van der Waals surface area (Å²) in [5.41, 5.74) is 3.07. The predicted molar refractivity (Wildman–Crippen MR) is 102 cm³/mol. The molecule has 5 heterocycles. The molecular weight excluding hydrogens is 362 g/mol. The van der Waals surface area contributed by atoms with Gasteiger partial charge in [0.25, 0.3) is 5.91 Å². The monoisotopic (exact) mass is 385 g/mol. The Morgan fingerprint density at radius 2 is 2.04 bits per heavy atom. The van der Waals surface area contributed by atoms with Crippen molar-refractivity contribution in [2.45, 2.75) is 45.2 Å². The van der Waals surface area contributed by atoms with Crippen LogP contribution in [0.5, 0.6) is 0 Å². The van der Waals surface area contributed by atoms with Gasteiger partial charge < -0.3 is 14.5 Å². The molecule has 1 amide bonds. The summed E-state index contributed by atoms with van der Waals surface area (Å²) in [6.07, 6.45) is 4.77. The molecule has 27 heavy (non-hydrogen) atoms. The molecule has 2 atom stereocenters. The first-order chi connectivity index (χ1) is 13.1. The van der Waals surface area contributed by atoms with E-state index in [1.54, 1.807) is 0 Å². The molecule has 2 fully saturated rings. The maximum Gasteiger partial charge on any atom is 0.266 e. The van der Waals surface area contributed by atoms with Crippen molar-refractivity contribution in [3.05, 3.63) is 33.0 Å². The van der Waals surface area contributed by atoms with Crippen molar-refractivity contribution in [1.29, 1.82) is 0 Å². The van der Waals surface area contributed by atoms with E-state index < -0.39 is 0 Å². The van der Waals surface area contributed by atoms with Crippen LogP contribution in [0.15, 0.2) is 6.20 Å². The van der Waals surface area contributed by atoms with Gasteiger partial charge in [-0.25, -0.2) is 15.0 Å². The van der Waals surface area contributed by atoms with E-state index in [2.05, 4.69) is 19.8 Å². The van der Waals surface area contributed by atoms with E-state index in [1.807, 2.05) is 20.0 Å². The van der Waals surface area contributed by atoms with Gasteiger partial charge in [-0.1, -0.05) is 0 Å². The van der Waals surface area contributed by atoms with Crippen molar-refractivity contribution >= 4 is 23.2 Å². The van der Waals surface area contributed by atoms with Crippen molar-refractivity contribution in [3.8, 4) is 0 Å². The van der Waals surface area contributed by atoms with Gasteiger partial charge in [-0.15, -0.1) is 11.3 Å². The van der Waals surface area contributed by atoms with Crippen LogP contribution in [0, 0.1) is 13.8 Å². The minimum atomic E-state index is 0.0896. The first kappa shape index (κ1) is 17.1. The third-order valence-corrected chi connectivity index (χ3v) is 6.86. The van der Waals surface area contributed by atoms with E-state index in [0.29, 0.717) is 0 Å². The highest BCUT2D eigenvalue weighted by Gasteiger charge is 2.44. The average Bonchev–Trinajstić information content (AvgIpc) is 3.19. The van der Waals surface area contributed by atoms with Crippen molar-refractivity contribution in [2.24, 2.45) is 0 Å². The molecule has 0 saturated carbocycles. The zero-order chi connectivity index (χ0) is 18.5. The van der Waals surface area contributed by atoms with Gasteiger partial charge in [0, 0.05) is 37.3 Å². The Hall–Kier alpha value is -2.06. The number of ether oxygens (including phenoxy) is 1. The number of carbonyl (C=O) groups excluding carboxylic acids is 1. The third kappa shape index (κ3) is 2.82. The Kier molecular flexibility index (Phi) is 4.12. The lowest BCUT2D eigenvalue weighted by atomic mass is 9.99. The van der Waals surface area contributed by atoms with Gasteiger partial charge in [0.15, 0.2) is 0 Å². The molecule has 2 bridgehead atoms. The number of morpholine rings is 1. The van der Waals surface area contributed by atoms with Crippen LogP contribution < -0.4 is 4.90 Å². The predicted octanol–water partition coefficient (Wildman–Crippen LogP) is 2.29. The zero-order valence-corrected chi connectivity index (χ0v) is 16.5. The largest absolute Gasteiger partial charge is 0.378 e. The molecule has 3 aliphatic rings. The number of anilines is 1. The summed E-state index contributed by atoms with van der Waals surface area (Å²) in [7, 11) is 0. The van der Waals surface area contributed by atoms with Gasteiger partial charge in [0.05, 0.1) is 35.7 Å². The van der Waals surface area contributed by atoms with Crippen molar-refractivity contribution < 1.29 is 9.53 Å². The lowest BCUT2D eigenvalue weighted by Crippen LogP contribution is -2.43. The summed E-state index contributed by atoms with van der Waals surface area (Å²) in [6, 6.07) is 0.316. The second-order valence-electron chi connectivity index (χ2n) is 7.48. The highest BCUT2D eigenvalue weighted by atomic mass is 32.1. The summed E-state index contributed by atoms with van der Waals surface area (Å²) < 4.78 is 5.43. The molecule has 2 aromatic rings. The molecule has 0 unspecified atom stereocenters. The quantitative estimate of drug-likeness (QED) is 0.790. The van der Waals surface area contributed by atoms with Crippen LogP contribution in [0.4, 0.5) is 5.95 Å². The molecule has 8 heteroatoms. The Morgan fingerprint density at radius 3 is 2.78 bits per heavy atom. The molecule has 2 saturated heterocycles. The second kappa shape index (κ2) is 6.53. The number of thiazole rings is 1. The molecule has 5 rings (SSSR count). The number of aryl methyl sites for hydroxylation is 2. The van der Waals surface area contributed by atoms with Crippen LogP contribution in [0.25, 0.3) is 0 Å². The number of fused-ring (bicyclic) bond motifs is 4. The molecular formula is C19H23N5O2S. The van der Waals surface area contributed by atoms with Crippen LogP contribution in [0.2, 0.25) is 0 Å². The number of aromatic nitrogens is 3. The van der Waals surface area contributed by atoms with Gasteiger partial charge in [0.1, 0.15) is 4.88 Å². The Morgan fingerprint density at radius 1 is 1.22 bits per heavy atom. The van der Waals surface area contributed by atoms with E-state index in [4.69, 9.17) is 9.72 Å². The lowest BCUT2D eigenvalue weighted by Gasteiger charge is -2.36. The highest BCUT2D eigenvalue weighted by Crippen LogP contribution is 2.44. The molecule has 142 valence electrons. The lowest BCUT2D eigenvalue weighted by molar-refractivity contribution is 0.0648. The molecule has 0 aliphatic carbocycles. The molecule has 0 radical (unpaired) electrons. The van der Waals surface area contributed by atoms with Gasteiger partial charge in [-0.05, 0) is 26.7 Å². The molecule has 3 aliphatic heterocycles. The van der Waals surface area contributed by atoms with E-state index in [0.717, 1.165) is 78.4 Å². The molecule has 2 aromatic heterocycles. The van der Waals surface area contributed by atoms with Crippen LogP contribution >= 0.6 is 11.3 Å². The first-order valence-corrected chi connectivity index (χ1v) is 10.4.